The Balaban J connectivity index is 3.64. The molecule has 0 amide bonds. The zero-order chi connectivity index (χ0) is 12.6. The molecule has 0 saturated heterocycles. The molecule has 0 bridgehead atoms. The maximum Gasteiger partial charge on any atom is 0.400 e. The van der Waals surface area contributed by atoms with E-state index in [4.69, 9.17) is 0 Å². The molecule has 0 spiro atoms. The Kier molecular flexibility index (Phi) is 7.11. The predicted molar refractivity (Wildman–Crippen MR) is 56.0 cm³/mol. The van der Waals surface area contributed by atoms with E-state index >= 15 is 0 Å². The van der Waals surface area contributed by atoms with E-state index in [9.17, 15) is 18.0 Å². The molecule has 0 N–H and O–H groups in total. The monoisotopic (exact) mass is 252 g/mol. The van der Waals surface area contributed by atoms with Gasteiger partial charge in [-0.3, -0.25) is 8.98 Å². The fraction of sp³-hybridized carbons (Fsp3) is 0.778. The van der Waals surface area contributed by atoms with Crippen LogP contribution in [0.25, 0.3) is 0 Å². The Morgan fingerprint density at radius 1 is 1.12 bits per heavy atom. The van der Waals surface area contributed by atoms with Gasteiger partial charge in [0.1, 0.15) is 12.4 Å². The van der Waals surface area contributed by atoms with Crippen molar-refractivity contribution in [2.45, 2.75) is 32.6 Å². The van der Waals surface area contributed by atoms with Gasteiger partial charge < -0.3 is 4.79 Å². The zero-order valence-corrected chi connectivity index (χ0v) is 10.2. The maximum atomic E-state index is 11.1. The third kappa shape index (κ3) is 8.51. The van der Waals surface area contributed by atoms with Crippen molar-refractivity contribution in [1.29, 1.82) is 0 Å². The summed E-state index contributed by atoms with van der Waals surface area (Å²) in [6.07, 6.45) is 1.81. The predicted octanol–water partition coefficient (Wildman–Crippen LogP) is 0.613. The number of carbonyl (C=O) groups is 2. The quantitative estimate of drug-likeness (QED) is 0.559. The van der Waals surface area contributed by atoms with Gasteiger partial charge in [-0.15, -0.1) is 0 Å². The average Bonchev–Trinajstić information content (AvgIpc) is 2.21. The molecule has 6 nitrogen and oxygen atoms in total. The normalized spacial score (nSPS) is 11.4. The van der Waals surface area contributed by atoms with Crippen molar-refractivity contribution in [3.8, 4) is 0 Å². The summed E-state index contributed by atoms with van der Waals surface area (Å²) in [6, 6.07) is 0. The molecule has 0 atom stereocenters. The Labute approximate surface area is 95.3 Å². The van der Waals surface area contributed by atoms with Gasteiger partial charge in [0.05, 0.1) is 7.11 Å². The van der Waals surface area contributed by atoms with Gasteiger partial charge in [-0.2, -0.15) is 8.42 Å². The van der Waals surface area contributed by atoms with Crippen LogP contribution in [0, 0.1) is 0 Å². The second-order valence-corrected chi connectivity index (χ2v) is 4.67. The minimum absolute atomic E-state index is 0.0747. The second-order valence-electron chi connectivity index (χ2n) is 3.28. The summed E-state index contributed by atoms with van der Waals surface area (Å²) in [7, 11) is -3.08. The van der Waals surface area contributed by atoms with Gasteiger partial charge in [0.15, 0.2) is 5.78 Å². The number of ketones is 2. The number of Topliss-reactive ketones (excluding diaryl/α,β-unsaturated/α-hetero) is 2. The number of hydrogen-bond donors (Lipinski definition) is 0. The van der Waals surface area contributed by atoms with Crippen LogP contribution in [0.1, 0.15) is 32.6 Å². The van der Waals surface area contributed by atoms with Crippen LogP contribution in [0.4, 0.5) is 0 Å². The molecule has 16 heavy (non-hydrogen) atoms. The van der Waals surface area contributed by atoms with Crippen LogP contribution >= 0.6 is 0 Å². The van der Waals surface area contributed by atoms with Crippen molar-refractivity contribution >= 4 is 22.0 Å². The molecule has 0 fully saturated rings. The summed E-state index contributed by atoms with van der Waals surface area (Å²) in [5, 5.41) is 0. The standard InChI is InChI=1S/C9H16O6S/c1-8(10)5-3-4-6-9(11)7-15-16(12,13)14-2/h3-7H2,1-2H3. The number of unbranched alkanes of at least 4 members (excludes halogenated alkanes) is 1. The van der Waals surface area contributed by atoms with Gasteiger partial charge in [-0.1, -0.05) is 0 Å². The summed E-state index contributed by atoms with van der Waals surface area (Å²) in [4.78, 5) is 21.7. The molecule has 0 radical (unpaired) electrons. The minimum atomic E-state index is -4.03. The van der Waals surface area contributed by atoms with Crippen molar-refractivity contribution in [2.75, 3.05) is 13.7 Å². The molecule has 94 valence electrons. The van der Waals surface area contributed by atoms with Gasteiger partial charge in [0.25, 0.3) is 0 Å². The summed E-state index contributed by atoms with van der Waals surface area (Å²) < 4.78 is 29.6. The first kappa shape index (κ1) is 15.2. The second kappa shape index (κ2) is 7.48. The highest BCUT2D eigenvalue weighted by Crippen LogP contribution is 2.02. The van der Waals surface area contributed by atoms with Crippen LogP contribution in [0.5, 0.6) is 0 Å². The van der Waals surface area contributed by atoms with Crippen molar-refractivity contribution in [3.05, 3.63) is 0 Å². The van der Waals surface area contributed by atoms with Gasteiger partial charge in [-0.25, -0.2) is 4.18 Å². The molecule has 0 heterocycles. The zero-order valence-electron chi connectivity index (χ0n) is 9.39. The molecule has 7 heteroatoms. The summed E-state index contributed by atoms with van der Waals surface area (Å²) in [5.41, 5.74) is 0. The van der Waals surface area contributed by atoms with Crippen LogP contribution in [0.15, 0.2) is 0 Å². The highest BCUT2D eigenvalue weighted by atomic mass is 32.3. The van der Waals surface area contributed by atoms with E-state index in [0.29, 0.717) is 19.3 Å². The van der Waals surface area contributed by atoms with Crippen LogP contribution in [-0.2, 0) is 28.4 Å². The molecule has 0 aromatic carbocycles. The Bertz CT molecular complexity index is 332. The van der Waals surface area contributed by atoms with Crippen LogP contribution in [-0.4, -0.2) is 33.7 Å². The third-order valence-corrected chi connectivity index (χ3v) is 2.62. The van der Waals surface area contributed by atoms with Crippen molar-refractivity contribution < 1.29 is 26.4 Å². The number of carbonyl (C=O) groups excluding carboxylic acids is 2. The average molecular weight is 252 g/mol. The van der Waals surface area contributed by atoms with E-state index < -0.39 is 17.0 Å². The fourth-order valence-electron chi connectivity index (χ4n) is 0.954. The SMILES string of the molecule is COS(=O)(=O)OCC(=O)CCCCC(C)=O. The molecular formula is C9H16O6S. The van der Waals surface area contributed by atoms with E-state index in [-0.39, 0.29) is 18.0 Å². The molecule has 0 aromatic rings. The van der Waals surface area contributed by atoms with Crippen LogP contribution < -0.4 is 0 Å². The summed E-state index contributed by atoms with van der Waals surface area (Å²) >= 11 is 0. The van der Waals surface area contributed by atoms with E-state index in [0.717, 1.165) is 7.11 Å². The third-order valence-electron chi connectivity index (χ3n) is 1.80. The summed E-state index contributed by atoms with van der Waals surface area (Å²) in [6.45, 7) is 0.965. The lowest BCUT2D eigenvalue weighted by atomic mass is 10.1. The molecule has 0 aliphatic heterocycles. The fourth-order valence-corrected chi connectivity index (χ4v) is 1.33. The maximum absolute atomic E-state index is 11.1. The van der Waals surface area contributed by atoms with Gasteiger partial charge in [0.2, 0.25) is 0 Å². The van der Waals surface area contributed by atoms with E-state index in [2.05, 4.69) is 8.37 Å². The van der Waals surface area contributed by atoms with Gasteiger partial charge in [-0.05, 0) is 19.8 Å². The highest BCUT2D eigenvalue weighted by Gasteiger charge is 2.12. The van der Waals surface area contributed by atoms with Crippen LogP contribution in [0.2, 0.25) is 0 Å². The lowest BCUT2D eigenvalue weighted by Gasteiger charge is -2.02. The first-order valence-electron chi connectivity index (χ1n) is 4.83. The Morgan fingerprint density at radius 3 is 2.19 bits per heavy atom. The summed E-state index contributed by atoms with van der Waals surface area (Å²) in [5.74, 6) is -0.255. The lowest BCUT2D eigenvalue weighted by molar-refractivity contribution is -0.121. The molecule has 0 unspecified atom stereocenters. The molecule has 0 aromatic heterocycles. The minimum Gasteiger partial charge on any atom is -0.300 e. The Hall–Kier alpha value is -0.790. The molecule has 0 saturated carbocycles. The largest absolute Gasteiger partial charge is 0.400 e. The van der Waals surface area contributed by atoms with E-state index in [1.807, 2.05) is 0 Å². The topological polar surface area (TPSA) is 86.7 Å². The molecule has 0 aliphatic carbocycles. The van der Waals surface area contributed by atoms with E-state index in [1.54, 1.807) is 0 Å². The van der Waals surface area contributed by atoms with Gasteiger partial charge >= 0.3 is 10.4 Å². The molecular weight excluding hydrogens is 236 g/mol. The van der Waals surface area contributed by atoms with Gasteiger partial charge in [0, 0.05) is 12.8 Å². The van der Waals surface area contributed by atoms with Crippen molar-refractivity contribution in [1.82, 2.24) is 0 Å². The van der Waals surface area contributed by atoms with Crippen LogP contribution in [0.3, 0.4) is 0 Å². The number of hydrogen-bond acceptors (Lipinski definition) is 6. The Morgan fingerprint density at radius 2 is 1.69 bits per heavy atom. The first-order chi connectivity index (χ1) is 7.37. The molecule has 0 aliphatic rings. The highest BCUT2D eigenvalue weighted by molar-refractivity contribution is 7.81. The number of rotatable bonds is 9. The van der Waals surface area contributed by atoms with E-state index in [1.165, 1.54) is 6.92 Å². The van der Waals surface area contributed by atoms with Crippen molar-refractivity contribution in [2.24, 2.45) is 0 Å². The lowest BCUT2D eigenvalue weighted by Crippen LogP contribution is -2.15. The first-order valence-corrected chi connectivity index (χ1v) is 6.17. The smallest absolute Gasteiger partial charge is 0.300 e. The van der Waals surface area contributed by atoms with Crippen molar-refractivity contribution in [3.63, 3.8) is 0 Å². The molecule has 0 rings (SSSR count).